The van der Waals surface area contributed by atoms with Gasteiger partial charge in [-0.3, -0.25) is 4.79 Å². The lowest BCUT2D eigenvalue weighted by atomic mass is 9.65. The van der Waals surface area contributed by atoms with E-state index in [2.05, 4.69) is 27.4 Å². The van der Waals surface area contributed by atoms with E-state index in [-0.39, 0.29) is 5.91 Å². The highest BCUT2D eigenvalue weighted by Gasteiger charge is 2.50. The Bertz CT molecular complexity index is 308. The Hall–Kier alpha value is -0.790. The molecule has 2 atom stereocenters. The molecule has 2 heteroatoms. The molecule has 0 aromatic rings. The largest absolute Gasteiger partial charge is 0.336 e. The summed E-state index contributed by atoms with van der Waals surface area (Å²) in [4.78, 5) is 13.7. The maximum Gasteiger partial charge on any atom is 0.246 e. The lowest BCUT2D eigenvalue weighted by Gasteiger charge is -2.39. The van der Waals surface area contributed by atoms with Gasteiger partial charge in [0, 0.05) is 12.6 Å². The summed E-state index contributed by atoms with van der Waals surface area (Å²) in [5, 5.41) is 0. The second kappa shape index (κ2) is 3.10. The van der Waals surface area contributed by atoms with Crippen LogP contribution in [0.15, 0.2) is 12.7 Å². The second-order valence-electron chi connectivity index (χ2n) is 6.38. The van der Waals surface area contributed by atoms with Crippen LogP contribution in [0.4, 0.5) is 0 Å². The van der Waals surface area contributed by atoms with Crippen LogP contribution in [-0.2, 0) is 4.79 Å². The van der Waals surface area contributed by atoms with Gasteiger partial charge in [0.2, 0.25) is 5.91 Å². The van der Waals surface area contributed by atoms with Crippen molar-refractivity contribution in [3.63, 3.8) is 0 Å². The summed E-state index contributed by atoms with van der Waals surface area (Å²) in [6, 6.07) is 0.448. The first kappa shape index (κ1) is 10.7. The van der Waals surface area contributed by atoms with Crippen LogP contribution in [-0.4, -0.2) is 23.4 Å². The predicted octanol–water partition coefficient (Wildman–Crippen LogP) is 2.60. The molecule has 2 bridgehead atoms. The SMILES string of the molecule is C=CC(=O)N1CC2(C)CC1CC(C)(C)C2. The number of likely N-dealkylation sites (tertiary alicyclic amines) is 1. The molecule has 0 spiro atoms. The smallest absolute Gasteiger partial charge is 0.246 e. The van der Waals surface area contributed by atoms with E-state index in [1.165, 1.54) is 18.9 Å². The first-order chi connectivity index (χ1) is 6.85. The predicted molar refractivity (Wildman–Crippen MR) is 61.4 cm³/mol. The van der Waals surface area contributed by atoms with Crippen LogP contribution in [0.5, 0.6) is 0 Å². The summed E-state index contributed by atoms with van der Waals surface area (Å²) < 4.78 is 0. The van der Waals surface area contributed by atoms with E-state index < -0.39 is 0 Å². The van der Waals surface area contributed by atoms with E-state index in [4.69, 9.17) is 0 Å². The summed E-state index contributed by atoms with van der Waals surface area (Å²) in [5.41, 5.74) is 0.721. The number of rotatable bonds is 1. The molecule has 1 aliphatic heterocycles. The molecule has 2 fully saturated rings. The highest BCUT2D eigenvalue weighted by atomic mass is 16.2. The molecule has 1 aliphatic carbocycles. The van der Waals surface area contributed by atoms with Gasteiger partial charge < -0.3 is 4.90 Å². The molecular formula is C13H21NO. The zero-order valence-corrected chi connectivity index (χ0v) is 10.0. The topological polar surface area (TPSA) is 20.3 Å². The average Bonchev–Trinajstić information content (AvgIpc) is 2.33. The van der Waals surface area contributed by atoms with Gasteiger partial charge >= 0.3 is 0 Å². The average molecular weight is 207 g/mol. The molecule has 2 aliphatic rings. The number of hydrogen-bond donors (Lipinski definition) is 0. The zero-order valence-electron chi connectivity index (χ0n) is 10.0. The Kier molecular flexibility index (Phi) is 2.21. The molecule has 2 nitrogen and oxygen atoms in total. The van der Waals surface area contributed by atoms with Crippen molar-refractivity contribution >= 4 is 5.91 Å². The third-order valence-corrected chi connectivity index (χ3v) is 3.87. The molecule has 84 valence electrons. The van der Waals surface area contributed by atoms with E-state index in [0.29, 0.717) is 16.9 Å². The van der Waals surface area contributed by atoms with Crippen LogP contribution in [0.3, 0.4) is 0 Å². The van der Waals surface area contributed by atoms with Gasteiger partial charge in [0.25, 0.3) is 0 Å². The van der Waals surface area contributed by atoms with Crippen LogP contribution < -0.4 is 0 Å². The molecule has 2 unspecified atom stereocenters. The fourth-order valence-electron chi connectivity index (χ4n) is 3.83. The molecule has 0 N–H and O–H groups in total. The minimum Gasteiger partial charge on any atom is -0.336 e. The van der Waals surface area contributed by atoms with E-state index in [9.17, 15) is 4.79 Å². The van der Waals surface area contributed by atoms with Gasteiger partial charge in [-0.2, -0.15) is 0 Å². The van der Waals surface area contributed by atoms with Crippen LogP contribution in [0.2, 0.25) is 0 Å². The maximum atomic E-state index is 11.7. The number of carbonyl (C=O) groups excluding carboxylic acids is 1. The van der Waals surface area contributed by atoms with Crippen molar-refractivity contribution in [2.75, 3.05) is 6.54 Å². The summed E-state index contributed by atoms with van der Waals surface area (Å²) in [6.45, 7) is 11.5. The quantitative estimate of drug-likeness (QED) is 0.605. The van der Waals surface area contributed by atoms with Gasteiger partial charge in [-0.05, 0) is 36.2 Å². The van der Waals surface area contributed by atoms with Crippen molar-refractivity contribution < 1.29 is 4.79 Å². The molecule has 1 amide bonds. The Morgan fingerprint density at radius 2 is 2.07 bits per heavy atom. The molecule has 0 aromatic heterocycles. The van der Waals surface area contributed by atoms with Gasteiger partial charge in [0.05, 0.1) is 0 Å². The molecule has 15 heavy (non-hydrogen) atoms. The van der Waals surface area contributed by atoms with Gasteiger partial charge in [0.1, 0.15) is 0 Å². The van der Waals surface area contributed by atoms with Gasteiger partial charge in [-0.1, -0.05) is 27.4 Å². The molecule has 1 saturated carbocycles. The molecular weight excluding hydrogens is 186 g/mol. The van der Waals surface area contributed by atoms with E-state index >= 15 is 0 Å². The third kappa shape index (κ3) is 1.82. The number of amides is 1. The van der Waals surface area contributed by atoms with E-state index in [1.54, 1.807) is 0 Å². The van der Waals surface area contributed by atoms with Crippen LogP contribution in [0, 0.1) is 10.8 Å². The maximum absolute atomic E-state index is 11.7. The molecule has 2 rings (SSSR count). The second-order valence-corrected chi connectivity index (χ2v) is 6.38. The van der Waals surface area contributed by atoms with Crippen LogP contribution in [0.25, 0.3) is 0 Å². The van der Waals surface area contributed by atoms with Crippen molar-refractivity contribution in [3.05, 3.63) is 12.7 Å². The van der Waals surface area contributed by atoms with Crippen LogP contribution in [0.1, 0.15) is 40.0 Å². The van der Waals surface area contributed by atoms with Crippen molar-refractivity contribution in [1.82, 2.24) is 4.90 Å². The molecule has 1 heterocycles. The van der Waals surface area contributed by atoms with E-state index in [0.717, 1.165) is 13.0 Å². The standard InChI is InChI=1S/C13H21NO/c1-5-11(15)14-9-13(4)7-10(14)6-12(2,3)8-13/h5,10H,1,6-9H2,2-4H3. The normalized spacial score (nSPS) is 37.8. The molecule has 0 aromatic carbocycles. The Labute approximate surface area is 92.3 Å². The highest BCUT2D eigenvalue weighted by molar-refractivity contribution is 5.87. The lowest BCUT2D eigenvalue weighted by Crippen LogP contribution is -2.36. The number of carbonyl (C=O) groups is 1. The summed E-state index contributed by atoms with van der Waals surface area (Å²) in [6.07, 6.45) is 5.01. The summed E-state index contributed by atoms with van der Waals surface area (Å²) in [7, 11) is 0. The van der Waals surface area contributed by atoms with Crippen molar-refractivity contribution in [2.45, 2.75) is 46.1 Å². The zero-order chi connectivity index (χ0) is 11.3. The third-order valence-electron chi connectivity index (χ3n) is 3.87. The molecule has 0 radical (unpaired) electrons. The lowest BCUT2D eigenvalue weighted by molar-refractivity contribution is -0.127. The Balaban J connectivity index is 2.23. The van der Waals surface area contributed by atoms with Crippen molar-refractivity contribution in [1.29, 1.82) is 0 Å². The first-order valence-corrected chi connectivity index (χ1v) is 5.78. The number of hydrogen-bond acceptors (Lipinski definition) is 1. The van der Waals surface area contributed by atoms with Gasteiger partial charge in [0.15, 0.2) is 0 Å². The fraction of sp³-hybridized carbons (Fsp3) is 0.769. The first-order valence-electron chi connectivity index (χ1n) is 5.78. The van der Waals surface area contributed by atoms with Crippen LogP contribution >= 0.6 is 0 Å². The minimum atomic E-state index is 0.112. The Morgan fingerprint density at radius 3 is 2.67 bits per heavy atom. The highest BCUT2D eigenvalue weighted by Crippen LogP contribution is 2.52. The number of nitrogens with zero attached hydrogens (tertiary/aromatic N) is 1. The summed E-state index contributed by atoms with van der Waals surface area (Å²) >= 11 is 0. The van der Waals surface area contributed by atoms with Gasteiger partial charge in [-0.25, -0.2) is 0 Å². The fourth-order valence-corrected chi connectivity index (χ4v) is 3.83. The Morgan fingerprint density at radius 1 is 1.40 bits per heavy atom. The minimum absolute atomic E-state index is 0.112. The van der Waals surface area contributed by atoms with Gasteiger partial charge in [-0.15, -0.1) is 0 Å². The monoisotopic (exact) mass is 207 g/mol. The number of fused-ring (bicyclic) bond motifs is 2. The van der Waals surface area contributed by atoms with Crippen molar-refractivity contribution in [3.8, 4) is 0 Å². The van der Waals surface area contributed by atoms with Crippen molar-refractivity contribution in [2.24, 2.45) is 10.8 Å². The summed E-state index contributed by atoms with van der Waals surface area (Å²) in [5.74, 6) is 0.112. The molecule has 1 saturated heterocycles. The van der Waals surface area contributed by atoms with E-state index in [1.807, 2.05) is 4.90 Å².